The molecular formula is C14H25ClN2O2. The van der Waals surface area contributed by atoms with Gasteiger partial charge in [-0.2, -0.15) is 0 Å². The largest absolute Gasteiger partial charge is 0.374 e. The van der Waals surface area contributed by atoms with Crippen LogP contribution in [0.1, 0.15) is 33.1 Å². The first kappa shape index (κ1) is 15.1. The van der Waals surface area contributed by atoms with Gasteiger partial charge in [0.05, 0.1) is 18.2 Å². The Morgan fingerprint density at radius 2 is 1.84 bits per heavy atom. The lowest BCUT2D eigenvalue weighted by Crippen LogP contribution is -2.46. The van der Waals surface area contributed by atoms with Gasteiger partial charge in [0.25, 0.3) is 0 Å². The van der Waals surface area contributed by atoms with E-state index in [1.54, 1.807) is 0 Å². The van der Waals surface area contributed by atoms with Crippen LogP contribution in [0.25, 0.3) is 0 Å². The molecule has 110 valence electrons. The van der Waals surface area contributed by atoms with E-state index in [4.69, 9.17) is 10.5 Å². The summed E-state index contributed by atoms with van der Waals surface area (Å²) < 4.78 is 5.93. The fourth-order valence-corrected chi connectivity index (χ4v) is 3.85. The summed E-state index contributed by atoms with van der Waals surface area (Å²) in [4.78, 5) is 14.4. The van der Waals surface area contributed by atoms with E-state index >= 15 is 0 Å². The number of fused-ring (bicyclic) bond motifs is 5. The van der Waals surface area contributed by atoms with Crippen LogP contribution in [0.15, 0.2) is 0 Å². The molecule has 3 aliphatic rings. The molecule has 0 saturated carbocycles. The number of halogens is 1. The highest BCUT2D eigenvalue weighted by Crippen LogP contribution is 2.47. The Morgan fingerprint density at radius 1 is 1.32 bits per heavy atom. The summed E-state index contributed by atoms with van der Waals surface area (Å²) in [6.45, 7) is 5.89. The predicted octanol–water partition coefficient (Wildman–Crippen LogP) is 1.42. The SMILES string of the molecule is CCC(C)C(N)C(=O)N1CC2C3CCC(O3)C2C1.Cl. The zero-order chi connectivity index (χ0) is 12.9. The molecular weight excluding hydrogens is 264 g/mol. The van der Waals surface area contributed by atoms with Gasteiger partial charge in [0, 0.05) is 24.9 Å². The van der Waals surface area contributed by atoms with Crippen molar-refractivity contribution >= 4 is 18.3 Å². The Labute approximate surface area is 121 Å². The second kappa shape index (κ2) is 5.58. The minimum Gasteiger partial charge on any atom is -0.374 e. The maximum atomic E-state index is 12.4. The lowest BCUT2D eigenvalue weighted by atomic mass is 9.82. The lowest BCUT2D eigenvalue weighted by Gasteiger charge is -2.25. The molecule has 2 bridgehead atoms. The highest BCUT2D eigenvalue weighted by molar-refractivity contribution is 5.85. The van der Waals surface area contributed by atoms with Gasteiger partial charge in [-0.3, -0.25) is 4.79 Å². The summed E-state index contributed by atoms with van der Waals surface area (Å²) in [7, 11) is 0. The quantitative estimate of drug-likeness (QED) is 0.854. The van der Waals surface area contributed by atoms with E-state index in [0.717, 1.165) is 19.5 Å². The Balaban J connectivity index is 0.00000133. The molecule has 3 heterocycles. The molecule has 3 aliphatic heterocycles. The molecule has 1 amide bonds. The van der Waals surface area contributed by atoms with E-state index < -0.39 is 0 Å². The van der Waals surface area contributed by atoms with Crippen LogP contribution in [0.5, 0.6) is 0 Å². The molecule has 0 aliphatic carbocycles. The minimum atomic E-state index is -0.326. The molecule has 6 unspecified atom stereocenters. The molecule has 19 heavy (non-hydrogen) atoms. The first-order chi connectivity index (χ1) is 8.61. The molecule has 3 rings (SSSR count). The number of nitrogens with zero attached hydrogens (tertiary/aromatic N) is 1. The number of hydrogen-bond donors (Lipinski definition) is 1. The molecule has 6 atom stereocenters. The van der Waals surface area contributed by atoms with E-state index in [1.165, 1.54) is 12.8 Å². The topological polar surface area (TPSA) is 55.6 Å². The average Bonchev–Trinajstić information content (AvgIpc) is 3.06. The molecule has 3 fully saturated rings. The molecule has 3 saturated heterocycles. The van der Waals surface area contributed by atoms with Gasteiger partial charge >= 0.3 is 0 Å². The van der Waals surface area contributed by atoms with Crippen LogP contribution >= 0.6 is 12.4 Å². The van der Waals surface area contributed by atoms with Crippen molar-refractivity contribution in [1.82, 2.24) is 4.90 Å². The Kier molecular flexibility index (Phi) is 4.43. The van der Waals surface area contributed by atoms with Crippen molar-refractivity contribution in [1.29, 1.82) is 0 Å². The first-order valence-corrected chi connectivity index (χ1v) is 7.31. The smallest absolute Gasteiger partial charge is 0.239 e. The summed E-state index contributed by atoms with van der Waals surface area (Å²) in [6, 6.07) is -0.326. The minimum absolute atomic E-state index is 0. The highest BCUT2D eigenvalue weighted by Gasteiger charge is 2.54. The molecule has 0 aromatic rings. The maximum absolute atomic E-state index is 12.4. The second-order valence-electron chi connectivity index (χ2n) is 6.27. The van der Waals surface area contributed by atoms with Crippen LogP contribution in [-0.4, -0.2) is 42.1 Å². The number of carbonyl (C=O) groups is 1. The Hall–Kier alpha value is -0.320. The number of nitrogens with two attached hydrogens (primary N) is 1. The maximum Gasteiger partial charge on any atom is 0.239 e. The third-order valence-corrected chi connectivity index (χ3v) is 5.31. The Bertz CT molecular complexity index is 334. The van der Waals surface area contributed by atoms with Gasteiger partial charge in [-0.05, 0) is 18.8 Å². The molecule has 0 aromatic heterocycles. The van der Waals surface area contributed by atoms with Gasteiger partial charge in [0.1, 0.15) is 0 Å². The number of ether oxygens (including phenoxy) is 1. The van der Waals surface area contributed by atoms with Gasteiger partial charge in [0.15, 0.2) is 0 Å². The third kappa shape index (κ3) is 2.39. The van der Waals surface area contributed by atoms with E-state index in [0.29, 0.717) is 24.0 Å². The fourth-order valence-electron chi connectivity index (χ4n) is 3.85. The van der Waals surface area contributed by atoms with Crippen LogP contribution in [-0.2, 0) is 9.53 Å². The number of carbonyl (C=O) groups excluding carboxylic acids is 1. The number of likely N-dealkylation sites (tertiary alicyclic amines) is 1. The van der Waals surface area contributed by atoms with Crippen molar-refractivity contribution in [3.63, 3.8) is 0 Å². The van der Waals surface area contributed by atoms with Crippen LogP contribution in [0.2, 0.25) is 0 Å². The van der Waals surface area contributed by atoms with Crippen LogP contribution in [0, 0.1) is 17.8 Å². The van der Waals surface area contributed by atoms with Crippen LogP contribution in [0.4, 0.5) is 0 Å². The zero-order valence-electron chi connectivity index (χ0n) is 11.7. The first-order valence-electron chi connectivity index (χ1n) is 7.31. The fraction of sp³-hybridized carbons (Fsp3) is 0.929. The molecule has 0 radical (unpaired) electrons. The van der Waals surface area contributed by atoms with Crippen molar-refractivity contribution in [3.05, 3.63) is 0 Å². The highest BCUT2D eigenvalue weighted by atomic mass is 35.5. The van der Waals surface area contributed by atoms with Crippen molar-refractivity contribution in [2.24, 2.45) is 23.5 Å². The number of rotatable bonds is 3. The zero-order valence-corrected chi connectivity index (χ0v) is 12.6. The van der Waals surface area contributed by atoms with E-state index in [1.807, 2.05) is 4.90 Å². The normalized spacial score (nSPS) is 38.8. The predicted molar refractivity (Wildman–Crippen MR) is 76.1 cm³/mol. The standard InChI is InChI=1S/C14H24N2O2.ClH/c1-3-8(2)13(15)14(17)16-6-9-10(7-16)12-5-4-11(9)18-12;/h8-13H,3-7,15H2,1-2H3;1H. The molecule has 5 heteroatoms. The summed E-state index contributed by atoms with van der Waals surface area (Å²) in [5.74, 6) is 1.58. The van der Waals surface area contributed by atoms with Crippen molar-refractivity contribution in [2.75, 3.05) is 13.1 Å². The van der Waals surface area contributed by atoms with Crippen LogP contribution in [0.3, 0.4) is 0 Å². The van der Waals surface area contributed by atoms with Crippen LogP contribution < -0.4 is 5.73 Å². The molecule has 2 N–H and O–H groups in total. The van der Waals surface area contributed by atoms with Crippen molar-refractivity contribution < 1.29 is 9.53 Å². The van der Waals surface area contributed by atoms with Crippen molar-refractivity contribution in [2.45, 2.75) is 51.4 Å². The average molecular weight is 289 g/mol. The third-order valence-electron chi connectivity index (χ3n) is 5.31. The van der Waals surface area contributed by atoms with Gasteiger partial charge < -0.3 is 15.4 Å². The molecule has 0 aromatic carbocycles. The molecule has 0 spiro atoms. The van der Waals surface area contributed by atoms with Crippen molar-refractivity contribution in [3.8, 4) is 0 Å². The van der Waals surface area contributed by atoms with Gasteiger partial charge in [-0.15, -0.1) is 12.4 Å². The van der Waals surface area contributed by atoms with E-state index in [9.17, 15) is 4.79 Å². The van der Waals surface area contributed by atoms with Gasteiger partial charge in [0.2, 0.25) is 5.91 Å². The molecule has 4 nitrogen and oxygen atoms in total. The summed E-state index contributed by atoms with van der Waals surface area (Å²) in [5.41, 5.74) is 6.06. The summed E-state index contributed by atoms with van der Waals surface area (Å²) in [6.07, 6.45) is 4.16. The number of amides is 1. The second-order valence-corrected chi connectivity index (χ2v) is 6.27. The van der Waals surface area contributed by atoms with Gasteiger partial charge in [-0.1, -0.05) is 20.3 Å². The lowest BCUT2D eigenvalue weighted by molar-refractivity contribution is -0.133. The van der Waals surface area contributed by atoms with E-state index in [2.05, 4.69) is 13.8 Å². The number of hydrogen-bond acceptors (Lipinski definition) is 3. The van der Waals surface area contributed by atoms with Gasteiger partial charge in [-0.25, -0.2) is 0 Å². The Morgan fingerprint density at radius 3 is 2.32 bits per heavy atom. The van der Waals surface area contributed by atoms with E-state index in [-0.39, 0.29) is 30.3 Å². The monoisotopic (exact) mass is 288 g/mol. The summed E-state index contributed by atoms with van der Waals surface area (Å²) in [5, 5.41) is 0. The summed E-state index contributed by atoms with van der Waals surface area (Å²) >= 11 is 0.